The molecule has 0 radical (unpaired) electrons. The Hall–Kier alpha value is -3.64. The standard InChI is InChI=1S/C30H34ClN5O5S/c1-19-24(18-29(37)32-9-10-36-11-13-41-14-12-36)20(2)33-28(19)17-26-25-16-23(7-8-27(25)34-30(26)38)42(39,40)35(3)22-6-4-5-21(31)15-22/h4-8,15-17,33H,9-14,18H2,1-3H3,(H,32,37)(H,34,38)/b26-17-. The van der Waals surface area contributed by atoms with E-state index in [9.17, 15) is 18.0 Å². The van der Waals surface area contributed by atoms with Crippen molar-refractivity contribution < 1.29 is 22.7 Å². The highest BCUT2D eigenvalue weighted by Crippen LogP contribution is 2.36. The summed E-state index contributed by atoms with van der Waals surface area (Å²) < 4.78 is 33.5. The lowest BCUT2D eigenvalue weighted by Crippen LogP contribution is -2.41. The molecule has 0 spiro atoms. The van der Waals surface area contributed by atoms with Crippen LogP contribution in [0.2, 0.25) is 5.02 Å². The van der Waals surface area contributed by atoms with Gasteiger partial charge in [-0.05, 0) is 67.4 Å². The lowest BCUT2D eigenvalue weighted by molar-refractivity contribution is -0.120. The summed E-state index contributed by atoms with van der Waals surface area (Å²) >= 11 is 6.07. The minimum atomic E-state index is -3.94. The van der Waals surface area contributed by atoms with Gasteiger partial charge < -0.3 is 20.4 Å². The van der Waals surface area contributed by atoms with Gasteiger partial charge in [0.2, 0.25) is 5.91 Å². The van der Waals surface area contributed by atoms with E-state index in [1.807, 2.05) is 13.8 Å². The number of nitrogens with zero attached hydrogens (tertiary/aromatic N) is 2. The predicted octanol–water partition coefficient (Wildman–Crippen LogP) is 3.59. The summed E-state index contributed by atoms with van der Waals surface area (Å²) in [5, 5.41) is 6.23. The normalized spacial score (nSPS) is 16.4. The summed E-state index contributed by atoms with van der Waals surface area (Å²) in [5.74, 6) is -0.410. The average molecular weight is 612 g/mol. The molecule has 3 N–H and O–H groups in total. The molecule has 2 aliphatic rings. The lowest BCUT2D eigenvalue weighted by atomic mass is 10.0. The Morgan fingerprint density at radius 3 is 2.67 bits per heavy atom. The number of ether oxygens (including phenoxy) is 1. The van der Waals surface area contributed by atoms with Crippen LogP contribution in [0.15, 0.2) is 47.4 Å². The highest BCUT2D eigenvalue weighted by atomic mass is 35.5. The molecule has 3 aromatic rings. The molecule has 10 nitrogen and oxygen atoms in total. The van der Waals surface area contributed by atoms with Crippen LogP contribution in [-0.4, -0.2) is 76.6 Å². The fourth-order valence-electron chi connectivity index (χ4n) is 5.21. The van der Waals surface area contributed by atoms with E-state index >= 15 is 0 Å². The summed E-state index contributed by atoms with van der Waals surface area (Å²) in [6.45, 7) is 8.30. The van der Waals surface area contributed by atoms with E-state index < -0.39 is 10.0 Å². The molecule has 1 saturated heterocycles. The Bertz CT molecular complexity index is 1660. The highest BCUT2D eigenvalue weighted by molar-refractivity contribution is 7.92. The number of carbonyl (C=O) groups excluding carboxylic acids is 2. The summed E-state index contributed by atoms with van der Waals surface area (Å²) in [6, 6.07) is 11.1. The van der Waals surface area contributed by atoms with Gasteiger partial charge in [-0.2, -0.15) is 0 Å². The van der Waals surface area contributed by atoms with Crippen LogP contribution in [0.5, 0.6) is 0 Å². The first-order chi connectivity index (χ1) is 20.0. The molecule has 2 aromatic carbocycles. The molecule has 0 aliphatic carbocycles. The van der Waals surface area contributed by atoms with Gasteiger partial charge in [0, 0.05) is 60.9 Å². The number of fused-ring (bicyclic) bond motifs is 1. The zero-order valence-electron chi connectivity index (χ0n) is 23.8. The molecule has 12 heteroatoms. The van der Waals surface area contributed by atoms with Gasteiger partial charge in [0.25, 0.3) is 15.9 Å². The van der Waals surface area contributed by atoms with Crippen molar-refractivity contribution in [1.29, 1.82) is 0 Å². The summed E-state index contributed by atoms with van der Waals surface area (Å²) in [7, 11) is -2.48. The number of benzene rings is 2. The molecule has 1 aromatic heterocycles. The number of H-pyrrole nitrogens is 1. The average Bonchev–Trinajstić information content (AvgIpc) is 3.42. The minimum Gasteiger partial charge on any atom is -0.379 e. The van der Waals surface area contributed by atoms with Crippen molar-refractivity contribution in [2.75, 3.05) is 56.1 Å². The van der Waals surface area contributed by atoms with Crippen molar-refractivity contribution in [1.82, 2.24) is 15.2 Å². The first kappa shape index (κ1) is 29.8. The molecule has 0 unspecified atom stereocenters. The zero-order chi connectivity index (χ0) is 30.0. The number of hydrogen-bond acceptors (Lipinski definition) is 6. The van der Waals surface area contributed by atoms with Crippen LogP contribution >= 0.6 is 11.6 Å². The van der Waals surface area contributed by atoms with E-state index in [1.54, 1.807) is 36.4 Å². The topological polar surface area (TPSA) is 124 Å². The molecule has 2 amide bonds. The second-order valence-corrected chi connectivity index (χ2v) is 12.8. The van der Waals surface area contributed by atoms with Crippen molar-refractivity contribution in [2.45, 2.75) is 25.2 Å². The summed E-state index contributed by atoms with van der Waals surface area (Å²) in [5.41, 5.74) is 5.00. The molecule has 0 bridgehead atoms. The summed E-state index contributed by atoms with van der Waals surface area (Å²) in [4.78, 5) is 31.3. The van der Waals surface area contributed by atoms with Crippen LogP contribution < -0.4 is 14.9 Å². The van der Waals surface area contributed by atoms with E-state index in [-0.39, 0.29) is 23.1 Å². The van der Waals surface area contributed by atoms with Crippen molar-refractivity contribution in [3.8, 4) is 0 Å². The number of halogens is 1. The maximum Gasteiger partial charge on any atom is 0.264 e. The van der Waals surface area contributed by atoms with E-state index in [4.69, 9.17) is 16.3 Å². The smallest absolute Gasteiger partial charge is 0.264 e. The van der Waals surface area contributed by atoms with Crippen LogP contribution in [0, 0.1) is 13.8 Å². The maximum atomic E-state index is 13.5. The predicted molar refractivity (Wildman–Crippen MR) is 164 cm³/mol. The minimum absolute atomic E-state index is 0.0416. The lowest BCUT2D eigenvalue weighted by Gasteiger charge is -2.26. The van der Waals surface area contributed by atoms with Gasteiger partial charge in [0.1, 0.15) is 0 Å². The Morgan fingerprint density at radius 2 is 1.93 bits per heavy atom. The molecular formula is C30H34ClN5O5S. The number of aromatic amines is 1. The molecule has 2 aliphatic heterocycles. The second kappa shape index (κ2) is 12.3. The van der Waals surface area contributed by atoms with Crippen LogP contribution in [0.3, 0.4) is 0 Å². The molecule has 1 fully saturated rings. The molecule has 0 atom stereocenters. The number of carbonyl (C=O) groups is 2. The van der Waals surface area contributed by atoms with Crippen molar-refractivity contribution in [3.05, 3.63) is 75.6 Å². The molecular weight excluding hydrogens is 578 g/mol. The second-order valence-electron chi connectivity index (χ2n) is 10.4. The Kier molecular flexibility index (Phi) is 8.74. The quantitative estimate of drug-likeness (QED) is 0.318. The SMILES string of the molecule is Cc1[nH]c(/C=C2\C(=O)Nc3ccc(S(=O)(=O)N(C)c4cccc(Cl)c4)cc32)c(C)c1CC(=O)NCCN1CCOCC1. The third-order valence-corrected chi connectivity index (χ3v) is 9.73. The number of aromatic nitrogens is 1. The first-order valence-electron chi connectivity index (χ1n) is 13.7. The number of amides is 2. The first-order valence-corrected chi connectivity index (χ1v) is 15.5. The number of nitrogens with one attached hydrogen (secondary N) is 3. The van der Waals surface area contributed by atoms with E-state index in [2.05, 4.69) is 20.5 Å². The van der Waals surface area contributed by atoms with Gasteiger partial charge >= 0.3 is 0 Å². The van der Waals surface area contributed by atoms with Crippen LogP contribution in [-0.2, 0) is 30.8 Å². The van der Waals surface area contributed by atoms with Crippen molar-refractivity contribution >= 4 is 56.5 Å². The zero-order valence-corrected chi connectivity index (χ0v) is 25.4. The van der Waals surface area contributed by atoms with Gasteiger partial charge in [-0.15, -0.1) is 0 Å². The van der Waals surface area contributed by atoms with E-state index in [1.165, 1.54) is 19.2 Å². The van der Waals surface area contributed by atoms with Gasteiger partial charge in [-0.1, -0.05) is 17.7 Å². The number of anilines is 2. The van der Waals surface area contributed by atoms with Crippen LogP contribution in [0.4, 0.5) is 11.4 Å². The van der Waals surface area contributed by atoms with Gasteiger partial charge in [0.15, 0.2) is 0 Å². The molecule has 3 heterocycles. The third-order valence-electron chi connectivity index (χ3n) is 7.72. The van der Waals surface area contributed by atoms with Gasteiger partial charge in [0.05, 0.1) is 35.8 Å². The molecule has 42 heavy (non-hydrogen) atoms. The van der Waals surface area contributed by atoms with Crippen molar-refractivity contribution in [3.63, 3.8) is 0 Å². The third kappa shape index (κ3) is 6.24. The Morgan fingerprint density at radius 1 is 1.17 bits per heavy atom. The molecule has 222 valence electrons. The van der Waals surface area contributed by atoms with E-state index in [0.717, 1.165) is 40.8 Å². The Balaban J connectivity index is 1.35. The number of aryl methyl sites for hydroxylation is 1. The van der Waals surface area contributed by atoms with Crippen LogP contribution in [0.1, 0.15) is 28.1 Å². The monoisotopic (exact) mass is 611 g/mol. The fraction of sp³-hybridized carbons (Fsp3) is 0.333. The van der Waals surface area contributed by atoms with E-state index in [0.29, 0.717) is 53.0 Å². The Labute approximate surface area is 250 Å². The summed E-state index contributed by atoms with van der Waals surface area (Å²) in [6.07, 6.45) is 1.92. The highest BCUT2D eigenvalue weighted by Gasteiger charge is 2.29. The largest absolute Gasteiger partial charge is 0.379 e. The number of sulfonamides is 1. The number of morpholine rings is 1. The van der Waals surface area contributed by atoms with Gasteiger partial charge in [-0.25, -0.2) is 8.42 Å². The molecule has 0 saturated carbocycles. The number of rotatable bonds is 9. The van der Waals surface area contributed by atoms with Crippen molar-refractivity contribution in [2.24, 2.45) is 0 Å². The molecule has 5 rings (SSSR count). The fourth-order valence-corrected chi connectivity index (χ4v) is 6.61. The van der Waals surface area contributed by atoms with Gasteiger partial charge in [-0.3, -0.25) is 18.8 Å². The number of hydrogen-bond donors (Lipinski definition) is 3. The van der Waals surface area contributed by atoms with Crippen LogP contribution in [0.25, 0.3) is 11.6 Å². The maximum absolute atomic E-state index is 13.5.